The zero-order valence-corrected chi connectivity index (χ0v) is 15.2. The standard InChI is InChI=1S/C24H26/c1-15-5-7-17(3)23-19(11-13-21(15)23)9-10-20-12-14-22-16(2)6-8-18(4)24(20)22/h5-8,11-14,19-20H,9-10H2,1-4H3/t19-,20-/m0/s1. The molecule has 0 N–H and O–H groups in total. The van der Waals surface area contributed by atoms with Gasteiger partial charge in [0.1, 0.15) is 0 Å². The smallest absolute Gasteiger partial charge is 0.00302 e. The molecule has 0 heterocycles. The quantitative estimate of drug-likeness (QED) is 0.597. The van der Waals surface area contributed by atoms with Crippen LogP contribution in [-0.4, -0.2) is 0 Å². The van der Waals surface area contributed by atoms with Crippen LogP contribution in [0.15, 0.2) is 36.4 Å². The Morgan fingerprint density at radius 2 is 0.958 bits per heavy atom. The van der Waals surface area contributed by atoms with Gasteiger partial charge in [0.05, 0.1) is 0 Å². The average Bonchev–Trinajstić information content (AvgIpc) is 3.18. The Balaban J connectivity index is 1.56. The molecule has 0 radical (unpaired) electrons. The molecule has 0 aliphatic heterocycles. The van der Waals surface area contributed by atoms with Crippen LogP contribution < -0.4 is 0 Å². The van der Waals surface area contributed by atoms with Gasteiger partial charge < -0.3 is 0 Å². The lowest BCUT2D eigenvalue weighted by molar-refractivity contribution is 0.638. The number of allylic oxidation sites excluding steroid dienone is 2. The summed E-state index contributed by atoms with van der Waals surface area (Å²) < 4.78 is 0. The van der Waals surface area contributed by atoms with Crippen LogP contribution in [0.2, 0.25) is 0 Å². The van der Waals surface area contributed by atoms with Crippen molar-refractivity contribution in [3.63, 3.8) is 0 Å². The molecule has 2 aromatic carbocycles. The Kier molecular flexibility index (Phi) is 3.72. The van der Waals surface area contributed by atoms with Gasteiger partial charge in [-0.3, -0.25) is 0 Å². The highest BCUT2D eigenvalue weighted by Gasteiger charge is 2.25. The first-order chi connectivity index (χ1) is 11.6. The largest absolute Gasteiger partial charge is 0.0764 e. The minimum atomic E-state index is 0.586. The molecule has 2 aromatic rings. The lowest BCUT2D eigenvalue weighted by Gasteiger charge is -2.19. The summed E-state index contributed by atoms with van der Waals surface area (Å²) in [5.74, 6) is 1.17. The van der Waals surface area contributed by atoms with Gasteiger partial charge in [0.25, 0.3) is 0 Å². The first-order valence-corrected chi connectivity index (χ1v) is 9.13. The number of aryl methyl sites for hydroxylation is 4. The van der Waals surface area contributed by atoms with E-state index in [4.69, 9.17) is 0 Å². The summed E-state index contributed by atoms with van der Waals surface area (Å²) in [6, 6.07) is 9.07. The van der Waals surface area contributed by atoms with Crippen LogP contribution in [0.5, 0.6) is 0 Å². The van der Waals surface area contributed by atoms with Gasteiger partial charge in [0, 0.05) is 11.8 Å². The number of fused-ring (bicyclic) bond motifs is 2. The minimum absolute atomic E-state index is 0.586. The van der Waals surface area contributed by atoms with Crippen LogP contribution in [0.3, 0.4) is 0 Å². The molecule has 0 amide bonds. The molecule has 0 fully saturated rings. The Labute approximate surface area is 145 Å². The summed E-state index contributed by atoms with van der Waals surface area (Å²) in [7, 11) is 0. The van der Waals surface area contributed by atoms with Gasteiger partial charge in [-0.15, -0.1) is 0 Å². The summed E-state index contributed by atoms with van der Waals surface area (Å²) in [4.78, 5) is 0. The Morgan fingerprint density at radius 3 is 1.38 bits per heavy atom. The van der Waals surface area contributed by atoms with Gasteiger partial charge in [-0.05, 0) is 85.0 Å². The van der Waals surface area contributed by atoms with Crippen LogP contribution in [0.25, 0.3) is 12.2 Å². The SMILES string of the molecule is Cc1ccc(C)c2c1C=C[C@@H]2CC[C@H]1C=Cc2c(C)ccc(C)c21. The monoisotopic (exact) mass is 314 g/mol. The molecule has 0 saturated carbocycles. The van der Waals surface area contributed by atoms with Crippen molar-refractivity contribution in [3.05, 3.63) is 80.9 Å². The third-order valence-electron chi connectivity index (χ3n) is 5.97. The minimum Gasteiger partial charge on any atom is -0.0764 e. The fourth-order valence-corrected chi connectivity index (χ4v) is 4.59. The maximum Gasteiger partial charge on any atom is 0.00302 e. The van der Waals surface area contributed by atoms with Crippen LogP contribution in [-0.2, 0) is 0 Å². The second-order valence-electron chi connectivity index (χ2n) is 7.56. The summed E-state index contributed by atoms with van der Waals surface area (Å²) >= 11 is 0. The van der Waals surface area contributed by atoms with Crippen LogP contribution >= 0.6 is 0 Å². The van der Waals surface area contributed by atoms with Crippen molar-refractivity contribution in [2.75, 3.05) is 0 Å². The molecule has 0 aromatic heterocycles. The van der Waals surface area contributed by atoms with Crippen molar-refractivity contribution in [2.24, 2.45) is 0 Å². The third-order valence-corrected chi connectivity index (χ3v) is 5.97. The molecule has 122 valence electrons. The van der Waals surface area contributed by atoms with Gasteiger partial charge in [0.15, 0.2) is 0 Å². The molecule has 0 saturated heterocycles. The summed E-state index contributed by atoms with van der Waals surface area (Å²) in [6.45, 7) is 8.98. The molecule has 0 heteroatoms. The van der Waals surface area contributed by atoms with Crippen molar-refractivity contribution in [2.45, 2.75) is 52.4 Å². The van der Waals surface area contributed by atoms with Gasteiger partial charge in [0.2, 0.25) is 0 Å². The molecule has 0 nitrogen and oxygen atoms in total. The molecule has 0 unspecified atom stereocenters. The van der Waals surface area contributed by atoms with E-state index in [1.165, 1.54) is 46.2 Å². The fourth-order valence-electron chi connectivity index (χ4n) is 4.59. The topological polar surface area (TPSA) is 0 Å². The van der Waals surface area contributed by atoms with Gasteiger partial charge in [-0.2, -0.15) is 0 Å². The third kappa shape index (κ3) is 2.36. The molecule has 2 aliphatic rings. The van der Waals surface area contributed by atoms with E-state index in [2.05, 4.69) is 76.3 Å². The van der Waals surface area contributed by atoms with E-state index >= 15 is 0 Å². The van der Waals surface area contributed by atoms with E-state index in [0.717, 1.165) is 0 Å². The number of hydrogen-bond donors (Lipinski definition) is 0. The predicted octanol–water partition coefficient (Wildman–Crippen LogP) is 6.62. The first-order valence-electron chi connectivity index (χ1n) is 9.13. The molecule has 2 aliphatic carbocycles. The normalized spacial score (nSPS) is 20.5. The van der Waals surface area contributed by atoms with Crippen molar-refractivity contribution < 1.29 is 0 Å². The molecule has 4 rings (SSSR count). The Hall–Kier alpha value is -2.08. The Bertz CT molecular complexity index is 791. The van der Waals surface area contributed by atoms with Gasteiger partial charge in [-0.25, -0.2) is 0 Å². The molecule has 0 bridgehead atoms. The van der Waals surface area contributed by atoms with Gasteiger partial charge >= 0.3 is 0 Å². The highest BCUT2D eigenvalue weighted by Crippen LogP contribution is 2.42. The summed E-state index contributed by atoms with van der Waals surface area (Å²) in [5, 5.41) is 0. The molecular formula is C24H26. The number of hydrogen-bond acceptors (Lipinski definition) is 0. The van der Waals surface area contributed by atoms with E-state index in [1.807, 2.05) is 0 Å². The zero-order valence-electron chi connectivity index (χ0n) is 15.2. The highest BCUT2D eigenvalue weighted by atomic mass is 14.3. The number of rotatable bonds is 3. The highest BCUT2D eigenvalue weighted by molar-refractivity contribution is 5.68. The van der Waals surface area contributed by atoms with Crippen molar-refractivity contribution in [3.8, 4) is 0 Å². The lowest BCUT2D eigenvalue weighted by Crippen LogP contribution is -2.03. The summed E-state index contributed by atoms with van der Waals surface area (Å²) in [5.41, 5.74) is 11.8. The predicted molar refractivity (Wildman–Crippen MR) is 105 cm³/mol. The summed E-state index contributed by atoms with van der Waals surface area (Å²) in [6.07, 6.45) is 12.0. The van der Waals surface area contributed by atoms with E-state index in [9.17, 15) is 0 Å². The Morgan fingerprint density at radius 1 is 0.583 bits per heavy atom. The van der Waals surface area contributed by atoms with E-state index in [1.54, 1.807) is 11.1 Å². The van der Waals surface area contributed by atoms with Crippen LogP contribution in [0.4, 0.5) is 0 Å². The maximum absolute atomic E-state index is 2.42. The zero-order chi connectivity index (χ0) is 16.8. The molecule has 2 atom stereocenters. The lowest BCUT2D eigenvalue weighted by atomic mass is 9.85. The fraction of sp³-hybridized carbons (Fsp3) is 0.333. The van der Waals surface area contributed by atoms with E-state index in [0.29, 0.717) is 11.8 Å². The molecular weight excluding hydrogens is 288 g/mol. The van der Waals surface area contributed by atoms with Crippen LogP contribution in [0, 0.1) is 27.7 Å². The molecule has 24 heavy (non-hydrogen) atoms. The van der Waals surface area contributed by atoms with Crippen molar-refractivity contribution in [1.29, 1.82) is 0 Å². The first kappa shape index (κ1) is 15.4. The van der Waals surface area contributed by atoms with E-state index in [-0.39, 0.29) is 0 Å². The van der Waals surface area contributed by atoms with Crippen LogP contribution in [0.1, 0.15) is 69.2 Å². The molecule has 0 spiro atoms. The number of benzene rings is 2. The average molecular weight is 314 g/mol. The van der Waals surface area contributed by atoms with Gasteiger partial charge in [-0.1, -0.05) is 48.6 Å². The second-order valence-corrected chi connectivity index (χ2v) is 7.56. The second kappa shape index (κ2) is 5.77. The maximum atomic E-state index is 2.42. The van der Waals surface area contributed by atoms with E-state index < -0.39 is 0 Å². The van der Waals surface area contributed by atoms with Crippen molar-refractivity contribution in [1.82, 2.24) is 0 Å². The van der Waals surface area contributed by atoms with Crippen molar-refractivity contribution >= 4 is 12.2 Å².